The first-order valence-electron chi connectivity index (χ1n) is 8.47. The summed E-state index contributed by atoms with van der Waals surface area (Å²) >= 11 is 0. The van der Waals surface area contributed by atoms with E-state index in [-0.39, 0.29) is 23.9 Å². The van der Waals surface area contributed by atoms with Crippen LogP contribution in [0.25, 0.3) is 0 Å². The van der Waals surface area contributed by atoms with E-state index in [0.29, 0.717) is 23.9 Å². The van der Waals surface area contributed by atoms with Crippen LogP contribution >= 0.6 is 0 Å². The fourth-order valence-electron chi connectivity index (χ4n) is 2.71. The maximum atomic E-state index is 12.1. The van der Waals surface area contributed by atoms with Crippen molar-refractivity contribution in [3.05, 3.63) is 58.5 Å². The molecule has 2 rings (SSSR count). The topological polar surface area (TPSA) is 79.5 Å². The second-order valence-corrected chi connectivity index (χ2v) is 6.69. The fraction of sp³-hybridized carbons (Fsp3) is 0.400. The van der Waals surface area contributed by atoms with E-state index < -0.39 is 5.97 Å². The van der Waals surface area contributed by atoms with E-state index >= 15 is 0 Å². The Morgan fingerprint density at radius 3 is 2.24 bits per heavy atom. The van der Waals surface area contributed by atoms with Gasteiger partial charge in [-0.1, -0.05) is 45.0 Å². The molecule has 1 unspecified atom stereocenters. The lowest BCUT2D eigenvalue weighted by Gasteiger charge is -2.13. The molecule has 5 heteroatoms. The van der Waals surface area contributed by atoms with Gasteiger partial charge in [0.1, 0.15) is 17.1 Å². The average molecular weight is 343 g/mol. The van der Waals surface area contributed by atoms with Crippen LogP contribution < -0.4 is 5.32 Å². The summed E-state index contributed by atoms with van der Waals surface area (Å²) in [7, 11) is 0. The molecule has 25 heavy (non-hydrogen) atoms. The number of carbonyl (C=O) groups is 2. The van der Waals surface area contributed by atoms with Crippen molar-refractivity contribution < 1.29 is 19.1 Å². The average Bonchev–Trinajstić information content (AvgIpc) is 2.94. The van der Waals surface area contributed by atoms with Crippen LogP contribution in [0.1, 0.15) is 72.0 Å². The first kappa shape index (κ1) is 18.8. The maximum Gasteiger partial charge on any atom is 0.339 e. The number of carbonyl (C=O) groups excluding carboxylic acids is 1. The molecule has 2 aromatic rings. The van der Waals surface area contributed by atoms with Crippen LogP contribution in [0, 0.1) is 6.92 Å². The predicted octanol–water partition coefficient (Wildman–Crippen LogP) is 4.22. The minimum atomic E-state index is -1.03. The van der Waals surface area contributed by atoms with E-state index in [4.69, 9.17) is 9.52 Å². The van der Waals surface area contributed by atoms with Gasteiger partial charge in [-0.05, 0) is 36.0 Å². The summed E-state index contributed by atoms with van der Waals surface area (Å²) in [5, 5.41) is 11.8. The molecule has 2 N–H and O–H groups in total. The fourth-order valence-corrected chi connectivity index (χ4v) is 2.71. The van der Waals surface area contributed by atoms with Gasteiger partial charge in [0, 0.05) is 6.42 Å². The number of nitrogens with one attached hydrogen (secondary N) is 1. The molecule has 0 aliphatic heterocycles. The molecule has 0 saturated carbocycles. The lowest BCUT2D eigenvalue weighted by molar-refractivity contribution is -0.121. The van der Waals surface area contributed by atoms with Crippen molar-refractivity contribution in [2.45, 2.75) is 52.5 Å². The monoisotopic (exact) mass is 343 g/mol. The summed E-state index contributed by atoms with van der Waals surface area (Å²) in [5.74, 6) is 0.255. The van der Waals surface area contributed by atoms with Crippen molar-refractivity contribution in [3.63, 3.8) is 0 Å². The molecule has 1 heterocycles. The van der Waals surface area contributed by atoms with E-state index in [9.17, 15) is 9.59 Å². The Bertz CT molecular complexity index is 744. The largest absolute Gasteiger partial charge is 0.478 e. The maximum absolute atomic E-state index is 12.1. The molecule has 1 aromatic heterocycles. The minimum absolute atomic E-state index is 0.0913. The second kappa shape index (κ2) is 8.01. The molecule has 0 saturated heterocycles. The van der Waals surface area contributed by atoms with E-state index in [2.05, 4.69) is 43.4 Å². The number of hydrogen-bond acceptors (Lipinski definition) is 3. The van der Waals surface area contributed by atoms with Crippen LogP contribution in [0.3, 0.4) is 0 Å². The van der Waals surface area contributed by atoms with Gasteiger partial charge < -0.3 is 14.8 Å². The van der Waals surface area contributed by atoms with Crippen molar-refractivity contribution in [2.24, 2.45) is 0 Å². The van der Waals surface area contributed by atoms with Gasteiger partial charge in [-0.25, -0.2) is 4.79 Å². The normalized spacial score (nSPS) is 12.2. The summed E-state index contributed by atoms with van der Waals surface area (Å²) < 4.78 is 5.36. The Balaban J connectivity index is 1.89. The van der Waals surface area contributed by atoms with Gasteiger partial charge in [0.15, 0.2) is 0 Å². The van der Waals surface area contributed by atoms with Crippen molar-refractivity contribution in [1.29, 1.82) is 0 Å². The second-order valence-electron chi connectivity index (χ2n) is 6.69. The Labute approximate surface area is 148 Å². The van der Waals surface area contributed by atoms with Gasteiger partial charge in [-0.3, -0.25) is 4.79 Å². The van der Waals surface area contributed by atoms with Crippen molar-refractivity contribution in [2.75, 3.05) is 0 Å². The quantitative estimate of drug-likeness (QED) is 0.789. The third-order valence-corrected chi connectivity index (χ3v) is 4.32. The zero-order valence-electron chi connectivity index (χ0n) is 15.1. The van der Waals surface area contributed by atoms with Crippen LogP contribution in [-0.4, -0.2) is 17.0 Å². The number of carboxylic acids is 1. The molecular weight excluding hydrogens is 318 g/mol. The highest BCUT2D eigenvalue weighted by molar-refractivity contribution is 5.88. The molecule has 0 aliphatic rings. The molecule has 1 amide bonds. The SMILES string of the molecule is Cc1oc(CNC(=O)CC(C)c2ccc(C(C)C)cc2)cc1C(=O)O. The third kappa shape index (κ3) is 4.95. The van der Waals surface area contributed by atoms with Crippen LogP contribution in [0.2, 0.25) is 0 Å². The number of amides is 1. The van der Waals surface area contributed by atoms with Gasteiger partial charge in [0.2, 0.25) is 5.91 Å². The highest BCUT2D eigenvalue weighted by Crippen LogP contribution is 2.22. The lowest BCUT2D eigenvalue weighted by atomic mass is 9.94. The Hall–Kier alpha value is -2.56. The van der Waals surface area contributed by atoms with Gasteiger partial charge in [-0.2, -0.15) is 0 Å². The molecule has 0 bridgehead atoms. The Kier molecular flexibility index (Phi) is 6.02. The highest BCUT2D eigenvalue weighted by Gasteiger charge is 2.15. The van der Waals surface area contributed by atoms with Gasteiger partial charge >= 0.3 is 5.97 Å². The Morgan fingerprint density at radius 2 is 1.72 bits per heavy atom. The van der Waals surface area contributed by atoms with Crippen molar-refractivity contribution in [3.8, 4) is 0 Å². The number of aromatic carboxylic acids is 1. The first-order chi connectivity index (χ1) is 11.8. The zero-order chi connectivity index (χ0) is 18.6. The predicted molar refractivity (Wildman–Crippen MR) is 95.8 cm³/mol. The number of furan rings is 1. The van der Waals surface area contributed by atoms with Gasteiger partial charge in [-0.15, -0.1) is 0 Å². The number of benzene rings is 1. The molecule has 134 valence electrons. The molecular formula is C20H25NO4. The smallest absolute Gasteiger partial charge is 0.339 e. The summed E-state index contributed by atoms with van der Waals surface area (Å²) in [6.07, 6.45) is 0.368. The molecule has 0 spiro atoms. The number of carboxylic acid groups (broad SMARTS) is 1. The number of rotatable bonds is 7. The van der Waals surface area contributed by atoms with Gasteiger partial charge in [0.05, 0.1) is 6.54 Å². The van der Waals surface area contributed by atoms with Crippen molar-refractivity contribution in [1.82, 2.24) is 5.32 Å². The first-order valence-corrected chi connectivity index (χ1v) is 8.47. The standard InChI is InChI=1S/C20H25NO4/c1-12(2)15-5-7-16(8-6-15)13(3)9-19(22)21-11-17-10-18(20(23)24)14(4)25-17/h5-8,10,12-13H,9,11H2,1-4H3,(H,21,22)(H,23,24). The van der Waals surface area contributed by atoms with Crippen LogP contribution in [0.15, 0.2) is 34.7 Å². The lowest BCUT2D eigenvalue weighted by Crippen LogP contribution is -2.23. The van der Waals surface area contributed by atoms with E-state index in [1.807, 2.05) is 6.92 Å². The van der Waals surface area contributed by atoms with E-state index in [0.717, 1.165) is 5.56 Å². The van der Waals surface area contributed by atoms with Crippen LogP contribution in [0.4, 0.5) is 0 Å². The summed E-state index contributed by atoms with van der Waals surface area (Å²) in [6, 6.07) is 9.80. The van der Waals surface area contributed by atoms with Crippen LogP contribution in [-0.2, 0) is 11.3 Å². The zero-order valence-corrected chi connectivity index (χ0v) is 15.1. The van der Waals surface area contributed by atoms with E-state index in [1.165, 1.54) is 11.6 Å². The molecule has 0 radical (unpaired) electrons. The number of aryl methyl sites for hydroxylation is 1. The highest BCUT2D eigenvalue weighted by atomic mass is 16.4. The van der Waals surface area contributed by atoms with Crippen LogP contribution in [0.5, 0.6) is 0 Å². The minimum Gasteiger partial charge on any atom is -0.478 e. The molecule has 0 fully saturated rings. The van der Waals surface area contributed by atoms with E-state index in [1.54, 1.807) is 6.92 Å². The van der Waals surface area contributed by atoms with Crippen molar-refractivity contribution >= 4 is 11.9 Å². The molecule has 0 aliphatic carbocycles. The summed E-state index contributed by atoms with van der Waals surface area (Å²) in [4.78, 5) is 23.1. The Morgan fingerprint density at radius 1 is 1.12 bits per heavy atom. The van der Waals surface area contributed by atoms with Gasteiger partial charge in [0.25, 0.3) is 0 Å². The molecule has 5 nitrogen and oxygen atoms in total. The third-order valence-electron chi connectivity index (χ3n) is 4.32. The number of hydrogen-bond donors (Lipinski definition) is 2. The summed E-state index contributed by atoms with van der Waals surface area (Å²) in [5.41, 5.74) is 2.53. The molecule has 1 aromatic carbocycles. The molecule has 1 atom stereocenters. The summed E-state index contributed by atoms with van der Waals surface area (Å²) in [6.45, 7) is 8.10.